The minimum atomic E-state index is -0.207. The Kier molecular flexibility index (Phi) is 5.80. The minimum absolute atomic E-state index is 0.0159. The van der Waals surface area contributed by atoms with E-state index in [1.54, 1.807) is 38.6 Å². The van der Waals surface area contributed by atoms with Crippen LogP contribution in [0.1, 0.15) is 22.0 Å². The highest BCUT2D eigenvalue weighted by Gasteiger charge is 2.18. The molecule has 6 nitrogen and oxygen atoms in total. The first-order valence-electron chi connectivity index (χ1n) is 9.09. The first-order valence-corrected chi connectivity index (χ1v) is 9.09. The molecule has 1 unspecified atom stereocenters. The smallest absolute Gasteiger partial charge is 0.258 e. The fourth-order valence-electron chi connectivity index (χ4n) is 3.33. The highest BCUT2D eigenvalue weighted by Crippen LogP contribution is 2.22. The molecule has 2 aromatic carbocycles. The van der Waals surface area contributed by atoms with Crippen LogP contribution in [-0.2, 0) is 7.05 Å². The van der Waals surface area contributed by atoms with Gasteiger partial charge in [-0.1, -0.05) is 30.3 Å². The van der Waals surface area contributed by atoms with Gasteiger partial charge in [-0.25, -0.2) is 0 Å². The van der Waals surface area contributed by atoms with Gasteiger partial charge >= 0.3 is 0 Å². The molecule has 0 saturated heterocycles. The Morgan fingerprint density at radius 2 is 1.86 bits per heavy atom. The van der Waals surface area contributed by atoms with Crippen molar-refractivity contribution < 1.29 is 9.53 Å². The number of rotatable bonds is 6. The Bertz CT molecular complexity index is 1060. The molecule has 0 radical (unpaired) electrons. The summed E-state index contributed by atoms with van der Waals surface area (Å²) in [4.78, 5) is 27.3. The number of aromatic nitrogens is 1. The number of hydrogen-bond acceptors (Lipinski definition) is 4. The molecule has 1 heterocycles. The van der Waals surface area contributed by atoms with Crippen LogP contribution < -0.4 is 15.6 Å². The van der Waals surface area contributed by atoms with Crippen LogP contribution in [-0.4, -0.2) is 43.1 Å². The predicted molar refractivity (Wildman–Crippen MR) is 111 cm³/mol. The number of nitrogens with zero attached hydrogens (tertiary/aromatic N) is 2. The second kappa shape index (κ2) is 8.27. The zero-order valence-electron chi connectivity index (χ0n) is 16.6. The highest BCUT2D eigenvalue weighted by atomic mass is 16.5. The minimum Gasteiger partial charge on any atom is -0.497 e. The Hall–Kier alpha value is -3.12. The first-order chi connectivity index (χ1) is 13.4. The molecule has 0 aliphatic rings. The van der Waals surface area contributed by atoms with E-state index in [-0.39, 0.29) is 17.5 Å². The normalized spacial score (nSPS) is 12.2. The van der Waals surface area contributed by atoms with Crippen LogP contribution >= 0.6 is 0 Å². The number of carbonyl (C=O) groups is 1. The molecule has 0 saturated carbocycles. The maximum absolute atomic E-state index is 12.9. The van der Waals surface area contributed by atoms with Crippen molar-refractivity contribution in [2.45, 2.75) is 6.04 Å². The first kappa shape index (κ1) is 19.6. The number of amides is 1. The summed E-state index contributed by atoms with van der Waals surface area (Å²) in [5, 5.41) is 4.21. The largest absolute Gasteiger partial charge is 0.497 e. The van der Waals surface area contributed by atoms with Gasteiger partial charge in [0.05, 0.1) is 18.7 Å². The third-order valence-corrected chi connectivity index (χ3v) is 4.89. The number of carbonyl (C=O) groups excluding carboxylic acids is 1. The second-order valence-corrected chi connectivity index (χ2v) is 6.97. The maximum Gasteiger partial charge on any atom is 0.258 e. The van der Waals surface area contributed by atoms with Gasteiger partial charge in [0.1, 0.15) is 5.75 Å². The van der Waals surface area contributed by atoms with Crippen LogP contribution in [0.4, 0.5) is 0 Å². The van der Waals surface area contributed by atoms with Gasteiger partial charge < -0.3 is 19.5 Å². The number of likely N-dealkylation sites (N-methyl/N-ethyl adjacent to an activating group) is 1. The molecule has 0 fully saturated rings. The number of hydrogen-bond donors (Lipinski definition) is 1. The number of aryl methyl sites for hydroxylation is 1. The van der Waals surface area contributed by atoms with E-state index in [1.165, 1.54) is 4.57 Å². The number of fused-ring (bicyclic) bond motifs is 1. The molecule has 1 amide bonds. The summed E-state index contributed by atoms with van der Waals surface area (Å²) in [5.74, 6) is 0.571. The van der Waals surface area contributed by atoms with E-state index in [2.05, 4.69) is 5.32 Å². The molecule has 3 aromatic rings. The Labute approximate surface area is 164 Å². The van der Waals surface area contributed by atoms with Crippen molar-refractivity contribution in [2.75, 3.05) is 27.7 Å². The zero-order valence-corrected chi connectivity index (χ0v) is 16.6. The molecule has 1 atom stereocenters. The standard InChI is InChI=1S/C22H25N3O3/c1-24(2)20(15-8-7-9-16(12-15)28-4)13-23-21(26)19-14-25(3)22(27)18-11-6-5-10-17(18)19/h5-12,14,20H,13H2,1-4H3,(H,23,26). The van der Waals surface area contributed by atoms with Crippen molar-refractivity contribution >= 4 is 16.7 Å². The van der Waals surface area contributed by atoms with Gasteiger partial charge in [-0.15, -0.1) is 0 Å². The Balaban J connectivity index is 1.87. The summed E-state index contributed by atoms with van der Waals surface area (Å²) in [6, 6.07) is 15.0. The van der Waals surface area contributed by atoms with Crippen LogP contribution in [0.2, 0.25) is 0 Å². The predicted octanol–water partition coefficient (Wildman–Crippen LogP) is 2.58. The van der Waals surface area contributed by atoms with Crippen molar-refractivity contribution in [1.82, 2.24) is 14.8 Å². The third-order valence-electron chi connectivity index (χ3n) is 4.89. The fraction of sp³-hybridized carbons (Fsp3) is 0.273. The van der Waals surface area contributed by atoms with E-state index in [0.29, 0.717) is 22.9 Å². The van der Waals surface area contributed by atoms with E-state index in [0.717, 1.165) is 11.3 Å². The summed E-state index contributed by atoms with van der Waals surface area (Å²) >= 11 is 0. The van der Waals surface area contributed by atoms with E-state index >= 15 is 0 Å². The van der Waals surface area contributed by atoms with Crippen LogP contribution in [0.3, 0.4) is 0 Å². The van der Waals surface area contributed by atoms with Crippen molar-refractivity contribution in [2.24, 2.45) is 7.05 Å². The Morgan fingerprint density at radius 1 is 1.14 bits per heavy atom. The fourth-order valence-corrected chi connectivity index (χ4v) is 3.33. The lowest BCUT2D eigenvalue weighted by Gasteiger charge is -2.25. The van der Waals surface area contributed by atoms with Crippen LogP contribution in [0.15, 0.2) is 59.5 Å². The van der Waals surface area contributed by atoms with Gasteiger partial charge in [-0.05, 0) is 37.9 Å². The monoisotopic (exact) mass is 379 g/mol. The lowest BCUT2D eigenvalue weighted by Crippen LogP contribution is -2.35. The van der Waals surface area contributed by atoms with Crippen LogP contribution in [0.25, 0.3) is 10.8 Å². The molecule has 6 heteroatoms. The van der Waals surface area contributed by atoms with Crippen molar-refractivity contribution in [1.29, 1.82) is 0 Å². The van der Waals surface area contributed by atoms with E-state index in [1.807, 2.05) is 49.3 Å². The van der Waals surface area contributed by atoms with Gasteiger partial charge in [-0.3, -0.25) is 9.59 Å². The molecular formula is C22H25N3O3. The van der Waals surface area contributed by atoms with Crippen molar-refractivity contribution in [3.05, 3.63) is 76.2 Å². The molecule has 146 valence electrons. The summed E-state index contributed by atoms with van der Waals surface area (Å²) in [6.45, 7) is 0.427. The third kappa shape index (κ3) is 3.92. The summed E-state index contributed by atoms with van der Waals surface area (Å²) in [7, 11) is 7.23. The molecule has 0 spiro atoms. The van der Waals surface area contributed by atoms with Gasteiger partial charge in [0, 0.05) is 30.6 Å². The quantitative estimate of drug-likeness (QED) is 0.715. The van der Waals surface area contributed by atoms with Crippen molar-refractivity contribution in [3.8, 4) is 5.75 Å². The van der Waals surface area contributed by atoms with Crippen LogP contribution in [0, 0.1) is 0 Å². The lowest BCUT2D eigenvalue weighted by molar-refractivity contribution is 0.0943. The average Bonchev–Trinajstić information content (AvgIpc) is 2.70. The second-order valence-electron chi connectivity index (χ2n) is 6.97. The summed E-state index contributed by atoms with van der Waals surface area (Å²) < 4.78 is 6.76. The number of ether oxygens (including phenoxy) is 1. The van der Waals surface area contributed by atoms with Gasteiger partial charge in [0.2, 0.25) is 0 Å². The van der Waals surface area contributed by atoms with E-state index in [4.69, 9.17) is 4.74 Å². The molecular weight excluding hydrogens is 354 g/mol. The number of methoxy groups -OCH3 is 1. The van der Waals surface area contributed by atoms with Gasteiger partial charge in [-0.2, -0.15) is 0 Å². The molecule has 1 aromatic heterocycles. The number of benzene rings is 2. The van der Waals surface area contributed by atoms with Crippen LogP contribution in [0.5, 0.6) is 5.75 Å². The van der Waals surface area contributed by atoms with Gasteiger partial charge in [0.15, 0.2) is 0 Å². The van der Waals surface area contributed by atoms with E-state index in [9.17, 15) is 9.59 Å². The highest BCUT2D eigenvalue weighted by molar-refractivity contribution is 6.06. The van der Waals surface area contributed by atoms with E-state index < -0.39 is 0 Å². The molecule has 0 bridgehead atoms. The average molecular weight is 379 g/mol. The molecule has 0 aliphatic heterocycles. The van der Waals surface area contributed by atoms with Crippen molar-refractivity contribution in [3.63, 3.8) is 0 Å². The van der Waals surface area contributed by atoms with Gasteiger partial charge in [0.25, 0.3) is 11.5 Å². The topological polar surface area (TPSA) is 63.6 Å². The molecule has 28 heavy (non-hydrogen) atoms. The number of nitrogens with one attached hydrogen (secondary N) is 1. The zero-order chi connectivity index (χ0) is 20.3. The molecule has 3 rings (SSSR count). The molecule has 0 aliphatic carbocycles. The summed E-state index contributed by atoms with van der Waals surface area (Å²) in [5.41, 5.74) is 1.42. The molecule has 1 N–H and O–H groups in total. The SMILES string of the molecule is COc1cccc(C(CNC(=O)c2cn(C)c(=O)c3ccccc23)N(C)C)c1. The Morgan fingerprint density at radius 3 is 2.54 bits per heavy atom. The maximum atomic E-state index is 12.9. The number of pyridine rings is 1. The summed E-state index contributed by atoms with van der Waals surface area (Å²) in [6.07, 6.45) is 1.59. The lowest BCUT2D eigenvalue weighted by atomic mass is 10.0.